The second-order valence-corrected chi connectivity index (χ2v) is 5.98. The minimum atomic E-state index is -1.32. The van der Waals surface area contributed by atoms with Gasteiger partial charge in [-0.2, -0.15) is 0 Å². The Morgan fingerprint density at radius 3 is 2.72 bits per heavy atom. The van der Waals surface area contributed by atoms with E-state index in [1.165, 1.54) is 17.9 Å². The van der Waals surface area contributed by atoms with Gasteiger partial charge in [0.15, 0.2) is 0 Å². The lowest BCUT2D eigenvalue weighted by Gasteiger charge is -2.22. The van der Waals surface area contributed by atoms with Gasteiger partial charge in [-0.15, -0.1) is 0 Å². The standard InChI is InChI=1S/C17H17N3O5/c1-9(21)20-6-2-3-14(20)16(23)18-11-4-5-13-10(7-11)8-12(17(24)25)15(22)19-13/h4-5,7-8,14H,2-3,6H2,1H3,(H,18,23)(H,19,22)(H,24,25). The number of carbonyl (C=O) groups excluding carboxylic acids is 2. The normalized spacial score (nSPS) is 16.8. The maximum atomic E-state index is 12.4. The molecule has 1 unspecified atom stereocenters. The molecule has 0 aliphatic carbocycles. The van der Waals surface area contributed by atoms with E-state index in [1.807, 2.05) is 0 Å². The highest BCUT2D eigenvalue weighted by Gasteiger charge is 2.32. The summed E-state index contributed by atoms with van der Waals surface area (Å²) in [5.74, 6) is -1.74. The fourth-order valence-corrected chi connectivity index (χ4v) is 3.09. The van der Waals surface area contributed by atoms with Crippen molar-refractivity contribution in [1.29, 1.82) is 0 Å². The summed E-state index contributed by atoms with van der Waals surface area (Å²) < 4.78 is 0. The van der Waals surface area contributed by atoms with Crippen LogP contribution in [0.2, 0.25) is 0 Å². The van der Waals surface area contributed by atoms with Gasteiger partial charge in [0.25, 0.3) is 5.56 Å². The topological polar surface area (TPSA) is 120 Å². The highest BCUT2D eigenvalue weighted by molar-refractivity contribution is 5.99. The van der Waals surface area contributed by atoms with E-state index in [0.29, 0.717) is 29.6 Å². The first-order valence-electron chi connectivity index (χ1n) is 7.85. The zero-order valence-electron chi connectivity index (χ0n) is 13.5. The van der Waals surface area contributed by atoms with Crippen molar-refractivity contribution >= 4 is 34.4 Å². The minimum absolute atomic E-state index is 0.139. The van der Waals surface area contributed by atoms with Gasteiger partial charge in [-0.1, -0.05) is 0 Å². The van der Waals surface area contributed by atoms with E-state index < -0.39 is 17.6 Å². The maximum Gasteiger partial charge on any atom is 0.341 e. The lowest BCUT2D eigenvalue weighted by atomic mass is 10.1. The Kier molecular flexibility index (Phi) is 4.26. The first kappa shape index (κ1) is 16.7. The summed E-state index contributed by atoms with van der Waals surface area (Å²) in [6.07, 6.45) is 1.38. The van der Waals surface area contributed by atoms with Gasteiger partial charge >= 0.3 is 5.97 Å². The van der Waals surface area contributed by atoms with Crippen LogP contribution in [0.4, 0.5) is 5.69 Å². The molecule has 1 aliphatic rings. The molecule has 8 heteroatoms. The number of anilines is 1. The quantitative estimate of drug-likeness (QED) is 0.773. The number of fused-ring (bicyclic) bond motifs is 1. The van der Waals surface area contributed by atoms with Crippen LogP contribution < -0.4 is 10.9 Å². The maximum absolute atomic E-state index is 12.4. The zero-order chi connectivity index (χ0) is 18.1. The fraction of sp³-hybridized carbons (Fsp3) is 0.294. The van der Waals surface area contributed by atoms with E-state index in [2.05, 4.69) is 10.3 Å². The molecule has 3 rings (SSSR count). The molecule has 2 heterocycles. The Bertz CT molecular complexity index is 934. The molecule has 0 spiro atoms. The van der Waals surface area contributed by atoms with Crippen molar-refractivity contribution in [2.24, 2.45) is 0 Å². The van der Waals surface area contributed by atoms with Crippen molar-refractivity contribution in [3.05, 3.63) is 40.2 Å². The van der Waals surface area contributed by atoms with Gasteiger partial charge in [0, 0.05) is 30.1 Å². The molecule has 130 valence electrons. The summed E-state index contributed by atoms with van der Waals surface area (Å²) in [6, 6.07) is 5.56. The van der Waals surface area contributed by atoms with E-state index in [0.717, 1.165) is 6.42 Å². The molecule has 1 aromatic carbocycles. The lowest BCUT2D eigenvalue weighted by Crippen LogP contribution is -2.42. The van der Waals surface area contributed by atoms with Gasteiger partial charge in [0.2, 0.25) is 11.8 Å². The van der Waals surface area contributed by atoms with Gasteiger partial charge in [-0.3, -0.25) is 14.4 Å². The summed E-state index contributed by atoms with van der Waals surface area (Å²) >= 11 is 0. The molecular formula is C17H17N3O5. The van der Waals surface area contributed by atoms with Crippen molar-refractivity contribution in [2.75, 3.05) is 11.9 Å². The summed E-state index contributed by atoms with van der Waals surface area (Å²) in [7, 11) is 0. The number of hydrogen-bond acceptors (Lipinski definition) is 4. The molecule has 1 fully saturated rings. The number of hydrogen-bond donors (Lipinski definition) is 3. The third kappa shape index (κ3) is 3.23. The number of aromatic carboxylic acids is 1. The molecule has 2 aromatic rings. The first-order chi connectivity index (χ1) is 11.9. The molecule has 1 atom stereocenters. The molecule has 3 N–H and O–H groups in total. The Balaban J connectivity index is 1.88. The monoisotopic (exact) mass is 343 g/mol. The van der Waals surface area contributed by atoms with E-state index >= 15 is 0 Å². The molecule has 0 saturated carbocycles. The summed E-state index contributed by atoms with van der Waals surface area (Å²) in [4.78, 5) is 50.8. The number of benzene rings is 1. The minimum Gasteiger partial charge on any atom is -0.477 e. The van der Waals surface area contributed by atoms with Crippen LogP contribution in [0, 0.1) is 0 Å². The largest absolute Gasteiger partial charge is 0.477 e. The molecule has 0 radical (unpaired) electrons. The predicted octanol–water partition coefficient (Wildman–Crippen LogP) is 1.18. The second kappa shape index (κ2) is 6.39. The predicted molar refractivity (Wildman–Crippen MR) is 90.6 cm³/mol. The number of carbonyl (C=O) groups is 3. The molecular weight excluding hydrogens is 326 g/mol. The van der Waals surface area contributed by atoms with Crippen LogP contribution >= 0.6 is 0 Å². The van der Waals surface area contributed by atoms with Gasteiger partial charge in [-0.05, 0) is 37.1 Å². The van der Waals surface area contributed by atoms with Crippen LogP contribution in [0.25, 0.3) is 10.9 Å². The van der Waals surface area contributed by atoms with Crippen LogP contribution in [0.1, 0.15) is 30.1 Å². The highest BCUT2D eigenvalue weighted by Crippen LogP contribution is 2.21. The number of amides is 2. The SMILES string of the molecule is CC(=O)N1CCCC1C(=O)Nc1ccc2[nH]c(=O)c(C(=O)O)cc2c1. The van der Waals surface area contributed by atoms with E-state index in [4.69, 9.17) is 5.11 Å². The van der Waals surface area contributed by atoms with Crippen LogP contribution in [-0.4, -0.2) is 45.4 Å². The Hall–Kier alpha value is -3.16. The number of pyridine rings is 1. The number of aromatic nitrogens is 1. The van der Waals surface area contributed by atoms with Crippen LogP contribution in [-0.2, 0) is 9.59 Å². The number of H-pyrrole nitrogens is 1. The number of nitrogens with one attached hydrogen (secondary N) is 2. The summed E-state index contributed by atoms with van der Waals surface area (Å²) in [5.41, 5.74) is -0.107. The van der Waals surface area contributed by atoms with Crippen molar-refractivity contribution in [2.45, 2.75) is 25.8 Å². The van der Waals surface area contributed by atoms with Gasteiger partial charge in [-0.25, -0.2) is 4.79 Å². The smallest absolute Gasteiger partial charge is 0.341 e. The molecule has 25 heavy (non-hydrogen) atoms. The molecule has 1 aromatic heterocycles. The van der Waals surface area contributed by atoms with E-state index in [-0.39, 0.29) is 17.4 Å². The first-order valence-corrected chi connectivity index (χ1v) is 7.85. The van der Waals surface area contributed by atoms with Crippen molar-refractivity contribution in [3.8, 4) is 0 Å². The zero-order valence-corrected chi connectivity index (χ0v) is 13.5. The summed E-state index contributed by atoms with van der Waals surface area (Å²) in [6.45, 7) is 2.00. The lowest BCUT2D eigenvalue weighted by molar-refractivity contribution is -0.134. The number of nitrogens with zero attached hydrogens (tertiary/aromatic N) is 1. The number of likely N-dealkylation sites (tertiary alicyclic amines) is 1. The Labute approximate surface area is 142 Å². The Morgan fingerprint density at radius 2 is 2.04 bits per heavy atom. The summed E-state index contributed by atoms with van der Waals surface area (Å²) in [5, 5.41) is 12.3. The number of carboxylic acids is 1. The van der Waals surface area contributed by atoms with Crippen molar-refractivity contribution in [1.82, 2.24) is 9.88 Å². The Morgan fingerprint density at radius 1 is 1.28 bits per heavy atom. The average molecular weight is 343 g/mol. The van der Waals surface area contributed by atoms with E-state index in [9.17, 15) is 19.2 Å². The molecule has 1 saturated heterocycles. The van der Waals surface area contributed by atoms with Crippen molar-refractivity contribution in [3.63, 3.8) is 0 Å². The van der Waals surface area contributed by atoms with Gasteiger partial charge in [0.1, 0.15) is 11.6 Å². The second-order valence-electron chi connectivity index (χ2n) is 5.98. The highest BCUT2D eigenvalue weighted by atomic mass is 16.4. The van der Waals surface area contributed by atoms with Crippen LogP contribution in [0.5, 0.6) is 0 Å². The van der Waals surface area contributed by atoms with Crippen LogP contribution in [0.3, 0.4) is 0 Å². The van der Waals surface area contributed by atoms with Gasteiger partial charge in [0.05, 0.1) is 0 Å². The van der Waals surface area contributed by atoms with Crippen LogP contribution in [0.15, 0.2) is 29.1 Å². The average Bonchev–Trinajstić information content (AvgIpc) is 3.04. The third-order valence-corrected chi connectivity index (χ3v) is 4.30. The van der Waals surface area contributed by atoms with Crippen molar-refractivity contribution < 1.29 is 19.5 Å². The molecule has 8 nitrogen and oxygen atoms in total. The third-order valence-electron chi connectivity index (χ3n) is 4.30. The number of carboxylic acid groups (broad SMARTS) is 1. The number of aromatic amines is 1. The van der Waals surface area contributed by atoms with E-state index in [1.54, 1.807) is 18.2 Å². The molecule has 0 bridgehead atoms. The fourth-order valence-electron chi connectivity index (χ4n) is 3.09. The van der Waals surface area contributed by atoms with Gasteiger partial charge < -0.3 is 20.3 Å². The molecule has 2 amide bonds. The molecule has 1 aliphatic heterocycles. The number of rotatable bonds is 3.